The molecule has 1 aromatic carbocycles. The van der Waals surface area contributed by atoms with Gasteiger partial charge in [0.2, 0.25) is 5.91 Å². The van der Waals surface area contributed by atoms with Gasteiger partial charge in [-0.25, -0.2) is 0 Å². The number of nitrogens with zero attached hydrogens (tertiary/aromatic N) is 3. The number of piperidine rings is 1. The van der Waals surface area contributed by atoms with E-state index < -0.39 is 0 Å². The van der Waals surface area contributed by atoms with E-state index >= 15 is 0 Å². The maximum absolute atomic E-state index is 13.2. The van der Waals surface area contributed by atoms with Gasteiger partial charge < -0.3 is 10.2 Å². The van der Waals surface area contributed by atoms with Gasteiger partial charge in [-0.2, -0.15) is 5.10 Å². The van der Waals surface area contributed by atoms with Gasteiger partial charge in [0.15, 0.2) is 0 Å². The summed E-state index contributed by atoms with van der Waals surface area (Å²) in [5.41, 5.74) is 3.93. The lowest BCUT2D eigenvalue weighted by Gasteiger charge is -2.34. The number of aromatic nitrogens is 2. The lowest BCUT2D eigenvalue weighted by atomic mass is 9.87. The fourth-order valence-corrected chi connectivity index (χ4v) is 4.72. The van der Waals surface area contributed by atoms with Crippen molar-refractivity contribution in [2.45, 2.75) is 38.5 Å². The van der Waals surface area contributed by atoms with Gasteiger partial charge in [-0.15, -0.1) is 0 Å². The summed E-state index contributed by atoms with van der Waals surface area (Å²) < 4.78 is 1.83. The number of aryl methyl sites for hydroxylation is 3. The zero-order valence-corrected chi connectivity index (χ0v) is 17.1. The van der Waals surface area contributed by atoms with E-state index in [0.717, 1.165) is 51.4 Å². The molecule has 2 aliphatic rings. The highest BCUT2D eigenvalue weighted by molar-refractivity contribution is 5.80. The Labute approximate surface area is 168 Å². The minimum absolute atomic E-state index is 0.0494. The van der Waals surface area contributed by atoms with E-state index in [9.17, 15) is 4.79 Å². The van der Waals surface area contributed by atoms with Gasteiger partial charge in [0.25, 0.3) is 0 Å². The fourth-order valence-electron chi connectivity index (χ4n) is 4.72. The molecule has 0 radical (unpaired) electrons. The van der Waals surface area contributed by atoms with Crippen LogP contribution in [-0.4, -0.2) is 46.8 Å². The third-order valence-corrected chi connectivity index (χ3v) is 6.57. The molecule has 2 aromatic rings. The standard InChI is InChI=1S/C23H32N4O/c1-17-3-5-18(6-4-17)7-8-19-9-11-27(12-10-19)23(28)22-15-24-14-21(22)20-13-25-26(2)16-20/h3-6,13,16,19,21-22,24H,7-12,14-15H2,1-2H3/t21-,22+/m1/s1. The lowest BCUT2D eigenvalue weighted by Crippen LogP contribution is -2.43. The van der Waals surface area contributed by atoms with Gasteiger partial charge in [0.05, 0.1) is 12.1 Å². The molecule has 2 atom stereocenters. The van der Waals surface area contributed by atoms with Crippen molar-refractivity contribution in [3.63, 3.8) is 0 Å². The zero-order valence-electron chi connectivity index (χ0n) is 17.1. The van der Waals surface area contributed by atoms with Crippen molar-refractivity contribution >= 4 is 5.91 Å². The molecule has 0 saturated carbocycles. The average molecular weight is 381 g/mol. The number of rotatable bonds is 5. The molecular formula is C23H32N4O. The van der Waals surface area contributed by atoms with Crippen LogP contribution in [-0.2, 0) is 18.3 Å². The molecule has 1 N–H and O–H groups in total. The van der Waals surface area contributed by atoms with Crippen molar-refractivity contribution < 1.29 is 4.79 Å². The first-order chi connectivity index (χ1) is 13.6. The lowest BCUT2D eigenvalue weighted by molar-refractivity contribution is -0.136. The van der Waals surface area contributed by atoms with E-state index in [0.29, 0.717) is 5.91 Å². The van der Waals surface area contributed by atoms with Crippen molar-refractivity contribution in [2.24, 2.45) is 18.9 Å². The Kier molecular flexibility index (Phi) is 5.81. The minimum atomic E-state index is 0.0494. The second-order valence-electron chi connectivity index (χ2n) is 8.61. The number of carbonyl (C=O) groups is 1. The summed E-state index contributed by atoms with van der Waals surface area (Å²) in [6, 6.07) is 8.90. The number of carbonyl (C=O) groups excluding carboxylic acids is 1. The topological polar surface area (TPSA) is 50.2 Å². The number of hydrogen-bond donors (Lipinski definition) is 1. The summed E-state index contributed by atoms with van der Waals surface area (Å²) in [6.07, 6.45) is 8.61. The molecule has 4 rings (SSSR count). The second-order valence-corrected chi connectivity index (χ2v) is 8.61. The number of amides is 1. The van der Waals surface area contributed by atoms with Crippen molar-refractivity contribution in [3.8, 4) is 0 Å². The Morgan fingerprint density at radius 2 is 1.93 bits per heavy atom. The Bertz CT molecular complexity index is 789. The molecule has 2 aliphatic heterocycles. The van der Waals surface area contributed by atoms with Crippen LogP contribution in [0, 0.1) is 18.8 Å². The summed E-state index contributed by atoms with van der Waals surface area (Å²) in [6.45, 7) is 5.61. The fraction of sp³-hybridized carbons (Fsp3) is 0.565. The summed E-state index contributed by atoms with van der Waals surface area (Å²) in [5, 5.41) is 7.71. The molecule has 0 aliphatic carbocycles. The predicted molar refractivity (Wildman–Crippen MR) is 111 cm³/mol. The normalized spacial score (nSPS) is 23.3. The highest BCUT2D eigenvalue weighted by Gasteiger charge is 2.37. The van der Waals surface area contributed by atoms with Crippen molar-refractivity contribution in [1.82, 2.24) is 20.0 Å². The summed E-state index contributed by atoms with van der Waals surface area (Å²) >= 11 is 0. The molecule has 150 valence electrons. The smallest absolute Gasteiger partial charge is 0.227 e. The number of likely N-dealkylation sites (tertiary alicyclic amines) is 1. The molecule has 1 aromatic heterocycles. The van der Waals surface area contributed by atoms with Crippen LogP contribution in [0.4, 0.5) is 0 Å². The number of benzene rings is 1. The minimum Gasteiger partial charge on any atom is -0.342 e. The van der Waals surface area contributed by atoms with Gasteiger partial charge >= 0.3 is 0 Å². The first kappa shape index (κ1) is 19.2. The van der Waals surface area contributed by atoms with Crippen LogP contribution < -0.4 is 5.32 Å². The van der Waals surface area contributed by atoms with Crippen molar-refractivity contribution in [1.29, 1.82) is 0 Å². The van der Waals surface area contributed by atoms with E-state index in [1.165, 1.54) is 23.1 Å². The van der Waals surface area contributed by atoms with Gasteiger partial charge in [-0.3, -0.25) is 9.48 Å². The van der Waals surface area contributed by atoms with Crippen LogP contribution in [0.3, 0.4) is 0 Å². The van der Waals surface area contributed by atoms with Crippen LogP contribution in [0.25, 0.3) is 0 Å². The average Bonchev–Trinajstić information content (AvgIpc) is 3.36. The maximum atomic E-state index is 13.2. The monoisotopic (exact) mass is 380 g/mol. The zero-order chi connectivity index (χ0) is 19.5. The van der Waals surface area contributed by atoms with E-state index in [-0.39, 0.29) is 11.8 Å². The summed E-state index contributed by atoms with van der Waals surface area (Å²) in [7, 11) is 1.93. The Morgan fingerprint density at radius 1 is 1.18 bits per heavy atom. The molecule has 5 nitrogen and oxygen atoms in total. The highest BCUT2D eigenvalue weighted by atomic mass is 16.2. The molecule has 0 spiro atoms. The van der Waals surface area contributed by atoms with E-state index in [2.05, 4.69) is 52.7 Å². The summed E-state index contributed by atoms with van der Waals surface area (Å²) in [4.78, 5) is 15.3. The number of hydrogen-bond acceptors (Lipinski definition) is 3. The SMILES string of the molecule is Cc1ccc(CCC2CCN(C(=O)[C@H]3CNC[C@@H]3c3cnn(C)c3)CC2)cc1. The van der Waals surface area contributed by atoms with Crippen molar-refractivity contribution in [2.75, 3.05) is 26.2 Å². The molecule has 1 amide bonds. The third kappa shape index (κ3) is 4.30. The Morgan fingerprint density at radius 3 is 2.61 bits per heavy atom. The Balaban J connectivity index is 1.28. The quantitative estimate of drug-likeness (QED) is 0.868. The molecule has 5 heteroatoms. The number of nitrogens with one attached hydrogen (secondary N) is 1. The molecular weight excluding hydrogens is 348 g/mol. The van der Waals surface area contributed by atoms with E-state index in [1.54, 1.807) is 0 Å². The second kappa shape index (κ2) is 8.48. The third-order valence-electron chi connectivity index (χ3n) is 6.57. The molecule has 28 heavy (non-hydrogen) atoms. The first-order valence-corrected chi connectivity index (χ1v) is 10.6. The molecule has 3 heterocycles. The van der Waals surface area contributed by atoms with E-state index in [4.69, 9.17) is 0 Å². The van der Waals surface area contributed by atoms with Crippen LogP contribution in [0.5, 0.6) is 0 Å². The molecule has 2 saturated heterocycles. The summed E-state index contributed by atoms with van der Waals surface area (Å²) in [5.74, 6) is 1.37. The molecule has 0 unspecified atom stereocenters. The van der Waals surface area contributed by atoms with Crippen LogP contribution >= 0.6 is 0 Å². The largest absolute Gasteiger partial charge is 0.342 e. The van der Waals surface area contributed by atoms with Gasteiger partial charge in [0, 0.05) is 45.3 Å². The van der Waals surface area contributed by atoms with Gasteiger partial charge in [0.1, 0.15) is 0 Å². The predicted octanol–water partition coefficient (Wildman–Crippen LogP) is 2.90. The van der Waals surface area contributed by atoms with Crippen LogP contribution in [0.15, 0.2) is 36.7 Å². The highest BCUT2D eigenvalue weighted by Crippen LogP contribution is 2.31. The van der Waals surface area contributed by atoms with Crippen LogP contribution in [0.2, 0.25) is 0 Å². The first-order valence-electron chi connectivity index (χ1n) is 10.6. The van der Waals surface area contributed by atoms with Gasteiger partial charge in [-0.1, -0.05) is 29.8 Å². The molecule has 0 bridgehead atoms. The van der Waals surface area contributed by atoms with E-state index in [1.807, 2.05) is 17.9 Å². The van der Waals surface area contributed by atoms with Crippen LogP contribution in [0.1, 0.15) is 41.9 Å². The Hall–Kier alpha value is -2.14. The van der Waals surface area contributed by atoms with Crippen molar-refractivity contribution in [3.05, 3.63) is 53.3 Å². The maximum Gasteiger partial charge on any atom is 0.227 e. The van der Waals surface area contributed by atoms with Gasteiger partial charge in [-0.05, 0) is 49.7 Å². The molecule has 2 fully saturated rings.